The Morgan fingerprint density at radius 2 is 1.83 bits per heavy atom. The molecule has 4 N–H and O–H groups in total. The first-order valence-electron chi connectivity index (χ1n) is 10.1. The van der Waals surface area contributed by atoms with Gasteiger partial charge < -0.3 is 20.4 Å². The standard InChI is InChI=1S/C22H30N4O3S/c1-4-26-20-14-16(15-24-12-13-29-3)6-11-19(20)21(23)22(26)17-7-9-18(10-8-17)25-30(27,28)5-2/h6-11,14,24-25H,4-5,12-13,15,23H2,1-3H3. The number of nitrogens with two attached hydrogens (primary N) is 1. The molecule has 0 unspecified atom stereocenters. The number of nitrogens with zero attached hydrogens (tertiary/aromatic N) is 1. The van der Waals surface area contributed by atoms with Crippen LogP contribution in [-0.4, -0.2) is 39.0 Å². The molecule has 1 aromatic heterocycles. The quantitative estimate of drug-likeness (QED) is 0.428. The highest BCUT2D eigenvalue weighted by atomic mass is 32.2. The molecule has 0 amide bonds. The van der Waals surface area contributed by atoms with Crippen LogP contribution >= 0.6 is 0 Å². The number of aromatic nitrogens is 1. The van der Waals surface area contributed by atoms with Gasteiger partial charge in [0, 0.05) is 43.4 Å². The Morgan fingerprint density at radius 3 is 2.47 bits per heavy atom. The van der Waals surface area contributed by atoms with Crippen LogP contribution in [0.5, 0.6) is 0 Å². The first-order valence-corrected chi connectivity index (χ1v) is 11.8. The van der Waals surface area contributed by atoms with Crippen LogP contribution in [0.25, 0.3) is 22.2 Å². The van der Waals surface area contributed by atoms with E-state index in [9.17, 15) is 8.42 Å². The molecule has 30 heavy (non-hydrogen) atoms. The van der Waals surface area contributed by atoms with Gasteiger partial charge in [0.05, 0.1) is 29.3 Å². The van der Waals surface area contributed by atoms with Gasteiger partial charge in [-0.15, -0.1) is 0 Å². The van der Waals surface area contributed by atoms with Crippen molar-refractivity contribution in [1.29, 1.82) is 0 Å². The molecule has 0 bridgehead atoms. The second kappa shape index (κ2) is 9.51. The van der Waals surface area contributed by atoms with E-state index in [1.807, 2.05) is 12.1 Å². The van der Waals surface area contributed by atoms with Crippen LogP contribution in [0.3, 0.4) is 0 Å². The minimum Gasteiger partial charge on any atom is -0.396 e. The number of fused-ring (bicyclic) bond motifs is 1. The number of rotatable bonds is 10. The van der Waals surface area contributed by atoms with Crippen molar-refractivity contribution < 1.29 is 13.2 Å². The number of anilines is 2. The van der Waals surface area contributed by atoms with E-state index < -0.39 is 10.0 Å². The van der Waals surface area contributed by atoms with Crippen molar-refractivity contribution in [2.75, 3.05) is 36.5 Å². The number of aryl methyl sites for hydroxylation is 1. The Labute approximate surface area is 178 Å². The third kappa shape index (κ3) is 4.77. The van der Waals surface area contributed by atoms with Gasteiger partial charge in [0.1, 0.15) is 0 Å². The molecule has 162 valence electrons. The Hall–Kier alpha value is -2.55. The summed E-state index contributed by atoms with van der Waals surface area (Å²) in [6.07, 6.45) is 0. The molecule has 8 heteroatoms. The number of methoxy groups -OCH3 is 1. The van der Waals surface area contributed by atoms with Gasteiger partial charge in [-0.1, -0.05) is 24.3 Å². The summed E-state index contributed by atoms with van der Waals surface area (Å²) in [7, 11) is -1.61. The van der Waals surface area contributed by atoms with Crippen LogP contribution in [0.2, 0.25) is 0 Å². The molecule has 7 nitrogen and oxygen atoms in total. The highest BCUT2D eigenvalue weighted by molar-refractivity contribution is 7.92. The Balaban J connectivity index is 1.94. The van der Waals surface area contributed by atoms with Gasteiger partial charge in [-0.2, -0.15) is 0 Å². The monoisotopic (exact) mass is 430 g/mol. The van der Waals surface area contributed by atoms with Crippen molar-refractivity contribution in [2.24, 2.45) is 0 Å². The first-order chi connectivity index (χ1) is 14.4. The Morgan fingerprint density at radius 1 is 1.10 bits per heavy atom. The number of sulfonamides is 1. The summed E-state index contributed by atoms with van der Waals surface area (Å²) < 4.78 is 33.4. The molecule has 0 spiro atoms. The molecular weight excluding hydrogens is 400 g/mol. The number of hydrogen-bond acceptors (Lipinski definition) is 5. The lowest BCUT2D eigenvalue weighted by molar-refractivity contribution is 0.199. The molecule has 3 aromatic rings. The lowest BCUT2D eigenvalue weighted by Gasteiger charge is -2.11. The number of nitrogens with one attached hydrogen (secondary N) is 2. The van der Waals surface area contributed by atoms with Crippen LogP contribution in [0.4, 0.5) is 11.4 Å². The van der Waals surface area contributed by atoms with Crippen LogP contribution in [0.15, 0.2) is 42.5 Å². The number of benzene rings is 2. The van der Waals surface area contributed by atoms with Gasteiger partial charge in [0.2, 0.25) is 10.0 Å². The molecule has 0 aliphatic rings. The van der Waals surface area contributed by atoms with Crippen molar-refractivity contribution >= 4 is 32.3 Å². The molecule has 0 saturated heterocycles. The molecule has 2 aromatic carbocycles. The Bertz CT molecular complexity index is 1110. The van der Waals surface area contributed by atoms with Crippen LogP contribution in [0.1, 0.15) is 19.4 Å². The molecule has 0 aliphatic carbocycles. The van der Waals surface area contributed by atoms with Gasteiger partial charge in [-0.3, -0.25) is 4.72 Å². The zero-order chi connectivity index (χ0) is 21.7. The third-order valence-corrected chi connectivity index (χ3v) is 6.41. The maximum absolute atomic E-state index is 11.8. The van der Waals surface area contributed by atoms with Crippen molar-refractivity contribution in [3.8, 4) is 11.3 Å². The van der Waals surface area contributed by atoms with E-state index in [0.29, 0.717) is 12.3 Å². The maximum Gasteiger partial charge on any atom is 0.232 e. The highest BCUT2D eigenvalue weighted by Gasteiger charge is 2.16. The number of hydrogen-bond donors (Lipinski definition) is 3. The van der Waals surface area contributed by atoms with Crippen LogP contribution < -0.4 is 15.8 Å². The van der Waals surface area contributed by atoms with Crippen molar-refractivity contribution in [3.63, 3.8) is 0 Å². The Kier molecular flexibility index (Phi) is 7.02. The highest BCUT2D eigenvalue weighted by Crippen LogP contribution is 2.37. The molecule has 0 saturated carbocycles. The van der Waals surface area contributed by atoms with E-state index in [0.717, 1.165) is 47.5 Å². The van der Waals surface area contributed by atoms with E-state index in [4.69, 9.17) is 10.5 Å². The largest absolute Gasteiger partial charge is 0.396 e. The number of ether oxygens (including phenoxy) is 1. The van der Waals surface area contributed by atoms with Gasteiger partial charge in [0.15, 0.2) is 0 Å². The molecule has 1 heterocycles. The zero-order valence-corrected chi connectivity index (χ0v) is 18.6. The molecule has 0 radical (unpaired) electrons. The summed E-state index contributed by atoms with van der Waals surface area (Å²) in [5, 5.41) is 4.38. The molecular formula is C22H30N4O3S. The molecule has 0 atom stereocenters. The van der Waals surface area contributed by atoms with Gasteiger partial charge in [-0.05, 0) is 37.6 Å². The topological polar surface area (TPSA) is 98.4 Å². The molecule has 0 aliphatic heterocycles. The maximum atomic E-state index is 11.8. The van der Waals surface area contributed by atoms with Gasteiger partial charge in [-0.25, -0.2) is 8.42 Å². The van der Waals surface area contributed by atoms with Crippen molar-refractivity contribution in [2.45, 2.75) is 26.9 Å². The summed E-state index contributed by atoms with van der Waals surface area (Å²) >= 11 is 0. The summed E-state index contributed by atoms with van der Waals surface area (Å²) in [6.45, 7) is 6.71. The molecule has 3 rings (SSSR count). The van der Waals surface area contributed by atoms with E-state index in [-0.39, 0.29) is 5.75 Å². The summed E-state index contributed by atoms with van der Waals surface area (Å²) in [5.74, 6) is 0.0361. The minimum absolute atomic E-state index is 0.0361. The van der Waals surface area contributed by atoms with Crippen molar-refractivity contribution in [1.82, 2.24) is 9.88 Å². The fourth-order valence-corrected chi connectivity index (χ4v) is 4.17. The van der Waals surface area contributed by atoms with Crippen LogP contribution in [0, 0.1) is 0 Å². The van der Waals surface area contributed by atoms with Crippen molar-refractivity contribution in [3.05, 3.63) is 48.0 Å². The summed E-state index contributed by atoms with van der Waals surface area (Å²) in [4.78, 5) is 0. The fourth-order valence-electron chi connectivity index (χ4n) is 3.53. The van der Waals surface area contributed by atoms with Gasteiger partial charge in [0.25, 0.3) is 0 Å². The average molecular weight is 431 g/mol. The lowest BCUT2D eigenvalue weighted by atomic mass is 10.1. The predicted octanol–water partition coefficient (Wildman–Crippen LogP) is 3.41. The van der Waals surface area contributed by atoms with E-state index >= 15 is 0 Å². The smallest absolute Gasteiger partial charge is 0.232 e. The lowest BCUT2D eigenvalue weighted by Crippen LogP contribution is -2.18. The SMILES string of the molecule is CCn1c(-c2ccc(NS(=O)(=O)CC)cc2)c(N)c2ccc(CNCCOC)cc21. The number of nitrogen functional groups attached to an aromatic ring is 1. The fraction of sp³-hybridized carbons (Fsp3) is 0.364. The van der Waals surface area contributed by atoms with E-state index in [2.05, 4.69) is 39.7 Å². The summed E-state index contributed by atoms with van der Waals surface area (Å²) in [5.41, 5.74) is 12.0. The molecule has 0 fully saturated rings. The minimum atomic E-state index is -3.30. The first kappa shape index (κ1) is 22.1. The second-order valence-corrected chi connectivity index (χ2v) is 9.12. The summed E-state index contributed by atoms with van der Waals surface area (Å²) in [6, 6.07) is 13.7. The van der Waals surface area contributed by atoms with E-state index in [1.165, 1.54) is 5.56 Å². The van der Waals surface area contributed by atoms with Gasteiger partial charge >= 0.3 is 0 Å². The second-order valence-electron chi connectivity index (χ2n) is 7.11. The zero-order valence-electron chi connectivity index (χ0n) is 17.7. The average Bonchev–Trinajstić information content (AvgIpc) is 3.02. The predicted molar refractivity (Wildman–Crippen MR) is 124 cm³/mol. The third-order valence-electron chi connectivity index (χ3n) is 5.11. The van der Waals surface area contributed by atoms with E-state index in [1.54, 1.807) is 26.2 Å². The van der Waals surface area contributed by atoms with Crippen LogP contribution in [-0.2, 0) is 27.8 Å². The normalized spacial score (nSPS) is 11.8.